The fourth-order valence-corrected chi connectivity index (χ4v) is 1.04. The largest absolute Gasteiger partial charge is 0.311 e. The Balaban J connectivity index is 2.01. The molecule has 0 atom stereocenters. The van der Waals surface area contributed by atoms with Gasteiger partial charge >= 0.3 is 0 Å². The second-order valence-electron chi connectivity index (χ2n) is 2.28. The number of hydrogen-bond acceptors (Lipinski definition) is 1. The molecule has 0 spiro atoms. The second-order valence-corrected chi connectivity index (χ2v) is 2.28. The molecule has 0 aliphatic heterocycles. The van der Waals surface area contributed by atoms with Crippen LogP contribution in [0.5, 0.6) is 0 Å². The van der Waals surface area contributed by atoms with Crippen LogP contribution in [0.1, 0.15) is 12.8 Å². The fraction of sp³-hybridized carbons (Fsp3) is 0.714. The highest BCUT2D eigenvalue weighted by atomic mass is 19.1. The Morgan fingerprint density at radius 2 is 2.11 bits per heavy atom. The number of hydrogen-bond donors (Lipinski definition) is 1. The van der Waals surface area contributed by atoms with Gasteiger partial charge in [-0.3, -0.25) is 0 Å². The average molecular weight is 129 g/mol. The molecule has 0 aromatic rings. The monoisotopic (exact) mass is 129 g/mol. The Bertz CT molecular complexity index is 93.1. The molecule has 0 fully saturated rings. The zero-order valence-electron chi connectivity index (χ0n) is 5.44. The Hall–Kier alpha value is -0.370. The van der Waals surface area contributed by atoms with Crippen molar-refractivity contribution >= 4 is 0 Å². The predicted octanol–water partition coefficient (Wildman–Crippen LogP) is 1.26. The zero-order valence-corrected chi connectivity index (χ0v) is 5.44. The molecule has 0 bridgehead atoms. The smallest absolute Gasteiger partial charge is 0.102 e. The van der Waals surface area contributed by atoms with E-state index >= 15 is 0 Å². The van der Waals surface area contributed by atoms with Gasteiger partial charge in [-0.1, -0.05) is 12.2 Å². The summed E-state index contributed by atoms with van der Waals surface area (Å²) in [6.07, 6.45) is 6.41. The standard InChI is InChI=1S/C7H12FN/c8-5-6-9-7-3-1-2-4-7/h1-2,7,9H,3-6H2. The molecule has 0 saturated carbocycles. The quantitative estimate of drug-likeness (QED) is 0.566. The Kier molecular flexibility index (Phi) is 2.71. The van der Waals surface area contributed by atoms with Crippen molar-refractivity contribution in [3.8, 4) is 0 Å². The van der Waals surface area contributed by atoms with E-state index in [1.54, 1.807) is 0 Å². The first-order chi connectivity index (χ1) is 4.43. The molecular weight excluding hydrogens is 117 g/mol. The van der Waals surface area contributed by atoms with Gasteiger partial charge in [0.2, 0.25) is 0 Å². The highest BCUT2D eigenvalue weighted by Crippen LogP contribution is 2.07. The molecule has 1 aliphatic rings. The van der Waals surface area contributed by atoms with Gasteiger partial charge in [-0.2, -0.15) is 0 Å². The topological polar surface area (TPSA) is 12.0 Å². The first-order valence-electron chi connectivity index (χ1n) is 3.38. The molecule has 2 heteroatoms. The van der Waals surface area contributed by atoms with E-state index in [0.29, 0.717) is 12.6 Å². The molecule has 0 heterocycles. The zero-order chi connectivity index (χ0) is 6.53. The van der Waals surface area contributed by atoms with Crippen molar-refractivity contribution in [3.63, 3.8) is 0 Å². The van der Waals surface area contributed by atoms with Crippen LogP contribution in [0.15, 0.2) is 12.2 Å². The number of halogens is 1. The van der Waals surface area contributed by atoms with E-state index in [0.717, 1.165) is 12.8 Å². The van der Waals surface area contributed by atoms with E-state index in [1.807, 2.05) is 0 Å². The second kappa shape index (κ2) is 3.62. The highest BCUT2D eigenvalue weighted by molar-refractivity contribution is 4.97. The lowest BCUT2D eigenvalue weighted by Gasteiger charge is -2.08. The summed E-state index contributed by atoms with van der Waals surface area (Å²) in [5.41, 5.74) is 0. The van der Waals surface area contributed by atoms with Crippen LogP contribution in [-0.2, 0) is 0 Å². The van der Waals surface area contributed by atoms with Crippen LogP contribution in [0.25, 0.3) is 0 Å². The number of rotatable bonds is 3. The maximum Gasteiger partial charge on any atom is 0.102 e. The van der Waals surface area contributed by atoms with Gasteiger partial charge in [0.25, 0.3) is 0 Å². The van der Waals surface area contributed by atoms with Gasteiger partial charge in [0, 0.05) is 12.6 Å². The van der Waals surface area contributed by atoms with Gasteiger partial charge in [-0.05, 0) is 12.8 Å². The summed E-state index contributed by atoms with van der Waals surface area (Å²) >= 11 is 0. The van der Waals surface area contributed by atoms with Gasteiger partial charge in [-0.15, -0.1) is 0 Å². The number of alkyl halides is 1. The lowest BCUT2D eigenvalue weighted by atomic mass is 10.2. The normalized spacial score (nSPS) is 19.2. The van der Waals surface area contributed by atoms with E-state index < -0.39 is 0 Å². The maximum absolute atomic E-state index is 11.6. The molecule has 9 heavy (non-hydrogen) atoms. The average Bonchev–Trinajstić information content (AvgIpc) is 2.34. The fourth-order valence-electron chi connectivity index (χ4n) is 1.04. The van der Waals surface area contributed by atoms with Crippen molar-refractivity contribution in [2.45, 2.75) is 18.9 Å². The molecule has 1 rings (SSSR count). The molecule has 1 aliphatic carbocycles. The van der Waals surface area contributed by atoms with Gasteiger partial charge in [0.15, 0.2) is 0 Å². The molecule has 0 amide bonds. The Morgan fingerprint density at radius 1 is 1.44 bits per heavy atom. The van der Waals surface area contributed by atoms with Crippen molar-refractivity contribution in [2.75, 3.05) is 13.2 Å². The SMILES string of the molecule is FCCNC1CC=CC1. The summed E-state index contributed by atoms with van der Waals surface area (Å²) in [6, 6.07) is 0.515. The van der Waals surface area contributed by atoms with Crippen LogP contribution in [0.3, 0.4) is 0 Å². The van der Waals surface area contributed by atoms with Crippen LogP contribution in [0, 0.1) is 0 Å². The van der Waals surface area contributed by atoms with Crippen LogP contribution < -0.4 is 5.32 Å². The summed E-state index contributed by atoms with van der Waals surface area (Å²) in [5, 5.41) is 3.09. The molecule has 0 aromatic heterocycles. The molecular formula is C7H12FN. The van der Waals surface area contributed by atoms with Crippen LogP contribution >= 0.6 is 0 Å². The Labute approximate surface area is 54.9 Å². The van der Waals surface area contributed by atoms with Crippen molar-refractivity contribution < 1.29 is 4.39 Å². The third kappa shape index (κ3) is 2.14. The van der Waals surface area contributed by atoms with Crippen molar-refractivity contribution in [2.24, 2.45) is 0 Å². The van der Waals surface area contributed by atoms with E-state index in [-0.39, 0.29) is 6.67 Å². The molecule has 0 radical (unpaired) electrons. The van der Waals surface area contributed by atoms with E-state index in [2.05, 4.69) is 17.5 Å². The first kappa shape index (κ1) is 6.75. The van der Waals surface area contributed by atoms with Crippen LogP contribution in [0.4, 0.5) is 4.39 Å². The summed E-state index contributed by atoms with van der Waals surface area (Å²) in [5.74, 6) is 0. The van der Waals surface area contributed by atoms with Gasteiger partial charge in [0.05, 0.1) is 0 Å². The summed E-state index contributed by atoms with van der Waals surface area (Å²) in [6.45, 7) is 0.253. The number of nitrogens with one attached hydrogen (secondary N) is 1. The predicted molar refractivity (Wildman–Crippen MR) is 36.1 cm³/mol. The third-order valence-electron chi connectivity index (χ3n) is 1.54. The van der Waals surface area contributed by atoms with Crippen molar-refractivity contribution in [1.82, 2.24) is 5.32 Å². The van der Waals surface area contributed by atoms with Gasteiger partial charge in [0.1, 0.15) is 6.67 Å². The minimum Gasteiger partial charge on any atom is -0.311 e. The van der Waals surface area contributed by atoms with Crippen molar-refractivity contribution in [1.29, 1.82) is 0 Å². The molecule has 1 nitrogen and oxygen atoms in total. The summed E-state index contributed by atoms with van der Waals surface area (Å²) in [7, 11) is 0. The summed E-state index contributed by atoms with van der Waals surface area (Å²) in [4.78, 5) is 0. The van der Waals surface area contributed by atoms with Gasteiger partial charge < -0.3 is 5.32 Å². The van der Waals surface area contributed by atoms with E-state index in [1.165, 1.54) is 0 Å². The molecule has 0 unspecified atom stereocenters. The van der Waals surface area contributed by atoms with Crippen LogP contribution in [0.2, 0.25) is 0 Å². The third-order valence-corrected chi connectivity index (χ3v) is 1.54. The summed E-state index contributed by atoms with van der Waals surface area (Å²) < 4.78 is 11.6. The minimum atomic E-state index is -0.253. The van der Waals surface area contributed by atoms with E-state index in [4.69, 9.17) is 0 Å². The molecule has 0 aromatic carbocycles. The van der Waals surface area contributed by atoms with Crippen molar-refractivity contribution in [3.05, 3.63) is 12.2 Å². The highest BCUT2D eigenvalue weighted by Gasteiger charge is 2.07. The molecule has 1 N–H and O–H groups in total. The van der Waals surface area contributed by atoms with E-state index in [9.17, 15) is 4.39 Å². The molecule has 0 saturated heterocycles. The Morgan fingerprint density at radius 3 is 2.67 bits per heavy atom. The lowest BCUT2D eigenvalue weighted by Crippen LogP contribution is -2.28. The maximum atomic E-state index is 11.6. The molecule has 52 valence electrons. The van der Waals surface area contributed by atoms with Gasteiger partial charge in [-0.25, -0.2) is 4.39 Å². The lowest BCUT2D eigenvalue weighted by molar-refractivity contribution is 0.436. The minimum absolute atomic E-state index is 0.253. The van der Waals surface area contributed by atoms with Crippen LogP contribution in [-0.4, -0.2) is 19.3 Å². The first-order valence-corrected chi connectivity index (χ1v) is 3.38.